The monoisotopic (exact) mass is 347 g/mol. The summed E-state index contributed by atoms with van der Waals surface area (Å²) in [6, 6.07) is 9.87. The van der Waals surface area contributed by atoms with Gasteiger partial charge in [-0.25, -0.2) is 4.39 Å². The van der Waals surface area contributed by atoms with Crippen LogP contribution in [0, 0.1) is 5.82 Å². The summed E-state index contributed by atoms with van der Waals surface area (Å²) in [5, 5.41) is 7.48. The molecule has 1 atom stereocenters. The zero-order chi connectivity index (χ0) is 16.8. The summed E-state index contributed by atoms with van der Waals surface area (Å²) >= 11 is 5.13. The molecule has 1 saturated heterocycles. The van der Waals surface area contributed by atoms with Gasteiger partial charge in [0.05, 0.1) is 17.9 Å². The van der Waals surface area contributed by atoms with Crippen molar-refractivity contribution in [3.63, 3.8) is 0 Å². The fourth-order valence-electron chi connectivity index (χ4n) is 2.43. The van der Waals surface area contributed by atoms with Gasteiger partial charge in [0.1, 0.15) is 17.3 Å². The molecule has 0 bridgehead atoms. The van der Waals surface area contributed by atoms with Crippen molar-refractivity contribution >= 4 is 23.5 Å². The Kier molecular flexibility index (Phi) is 5.55. The quantitative estimate of drug-likeness (QED) is 0.495. The maximum atomic E-state index is 13.7. The number of ether oxygens (including phenoxy) is 1. The Morgan fingerprint density at radius 2 is 2.21 bits per heavy atom. The molecular formula is C17H18FN3O2S. The van der Waals surface area contributed by atoms with Crippen LogP contribution in [0.4, 0.5) is 4.39 Å². The Morgan fingerprint density at radius 1 is 1.33 bits per heavy atom. The molecule has 126 valence electrons. The molecule has 2 N–H and O–H groups in total. The molecule has 1 aromatic carbocycles. The van der Waals surface area contributed by atoms with E-state index in [0.29, 0.717) is 28.7 Å². The Bertz CT molecular complexity index is 726. The first-order valence-electron chi connectivity index (χ1n) is 7.75. The van der Waals surface area contributed by atoms with Gasteiger partial charge in [-0.3, -0.25) is 5.43 Å². The Morgan fingerprint density at radius 3 is 3.00 bits per heavy atom. The molecule has 7 heteroatoms. The van der Waals surface area contributed by atoms with Crippen LogP contribution in [0.1, 0.15) is 18.6 Å². The average Bonchev–Trinajstić information content (AvgIpc) is 3.25. The maximum absolute atomic E-state index is 13.7. The molecule has 1 aliphatic rings. The van der Waals surface area contributed by atoms with Crippen molar-refractivity contribution in [1.29, 1.82) is 0 Å². The number of rotatable bonds is 5. The number of furan rings is 1. The van der Waals surface area contributed by atoms with Gasteiger partial charge in [0, 0.05) is 13.2 Å². The summed E-state index contributed by atoms with van der Waals surface area (Å²) in [5.41, 5.74) is 3.13. The van der Waals surface area contributed by atoms with Crippen molar-refractivity contribution in [1.82, 2.24) is 10.7 Å². The van der Waals surface area contributed by atoms with E-state index in [1.165, 1.54) is 12.3 Å². The van der Waals surface area contributed by atoms with Gasteiger partial charge in [0.25, 0.3) is 0 Å². The Labute approximate surface area is 144 Å². The lowest BCUT2D eigenvalue weighted by Gasteiger charge is -2.11. The highest BCUT2D eigenvalue weighted by atomic mass is 32.1. The van der Waals surface area contributed by atoms with Crippen LogP contribution in [-0.4, -0.2) is 30.6 Å². The molecule has 2 heterocycles. The number of nitrogens with zero attached hydrogens (tertiary/aromatic N) is 1. The predicted octanol–water partition coefficient (Wildman–Crippen LogP) is 3.06. The average molecular weight is 347 g/mol. The second-order valence-corrected chi connectivity index (χ2v) is 5.81. The summed E-state index contributed by atoms with van der Waals surface area (Å²) in [7, 11) is 0. The van der Waals surface area contributed by atoms with E-state index in [9.17, 15) is 4.39 Å². The van der Waals surface area contributed by atoms with Gasteiger partial charge >= 0.3 is 0 Å². The van der Waals surface area contributed by atoms with Gasteiger partial charge in [0.15, 0.2) is 5.11 Å². The maximum Gasteiger partial charge on any atom is 0.187 e. The lowest BCUT2D eigenvalue weighted by Crippen LogP contribution is -2.37. The largest absolute Gasteiger partial charge is 0.455 e. The topological polar surface area (TPSA) is 58.8 Å². The molecule has 2 aromatic rings. The number of thiocarbonyl (C=S) groups is 1. The van der Waals surface area contributed by atoms with E-state index in [2.05, 4.69) is 15.8 Å². The Hall–Kier alpha value is -2.25. The van der Waals surface area contributed by atoms with E-state index in [-0.39, 0.29) is 11.9 Å². The molecule has 1 aliphatic heterocycles. The van der Waals surface area contributed by atoms with Gasteiger partial charge in [0.2, 0.25) is 0 Å². The van der Waals surface area contributed by atoms with Crippen LogP contribution in [0.5, 0.6) is 0 Å². The second kappa shape index (κ2) is 8.03. The summed E-state index contributed by atoms with van der Waals surface area (Å²) < 4.78 is 24.8. The lowest BCUT2D eigenvalue weighted by atomic mass is 10.1. The standard InChI is InChI=1S/C17H18FN3O2S/c18-15-6-2-1-5-14(15)16-8-7-13(23-16)11-20-21-17(24)19-10-12-4-3-9-22-12/h1-2,5-8,11-12H,3-4,9-10H2,(H2,19,21,24)/b20-11-/t12-/m1/s1. The fraction of sp³-hybridized carbons (Fsp3) is 0.294. The van der Waals surface area contributed by atoms with Gasteiger partial charge in [-0.2, -0.15) is 5.10 Å². The highest BCUT2D eigenvalue weighted by Crippen LogP contribution is 2.24. The summed E-state index contributed by atoms with van der Waals surface area (Å²) in [6.07, 6.45) is 3.84. The van der Waals surface area contributed by atoms with Crippen LogP contribution in [-0.2, 0) is 4.74 Å². The third-order valence-electron chi connectivity index (χ3n) is 3.64. The van der Waals surface area contributed by atoms with Crippen LogP contribution < -0.4 is 10.7 Å². The van der Waals surface area contributed by atoms with Crippen molar-refractivity contribution in [3.8, 4) is 11.3 Å². The molecule has 0 radical (unpaired) electrons. The zero-order valence-electron chi connectivity index (χ0n) is 13.0. The van der Waals surface area contributed by atoms with Crippen LogP contribution in [0.15, 0.2) is 45.9 Å². The van der Waals surface area contributed by atoms with Gasteiger partial charge < -0.3 is 14.5 Å². The van der Waals surface area contributed by atoms with Crippen LogP contribution in [0.3, 0.4) is 0 Å². The number of halogens is 1. The van der Waals surface area contributed by atoms with Crippen molar-refractivity contribution < 1.29 is 13.5 Å². The molecule has 1 fully saturated rings. The predicted molar refractivity (Wildman–Crippen MR) is 94.4 cm³/mol. The first kappa shape index (κ1) is 16.6. The first-order chi connectivity index (χ1) is 11.7. The minimum atomic E-state index is -0.326. The van der Waals surface area contributed by atoms with Gasteiger partial charge in [-0.05, 0) is 49.3 Å². The van der Waals surface area contributed by atoms with Crippen molar-refractivity contribution in [2.45, 2.75) is 18.9 Å². The molecule has 0 spiro atoms. The lowest BCUT2D eigenvalue weighted by molar-refractivity contribution is 0.114. The third kappa shape index (κ3) is 4.39. The molecular weight excluding hydrogens is 329 g/mol. The number of benzene rings is 1. The van der Waals surface area contributed by atoms with Gasteiger partial charge in [-0.15, -0.1) is 0 Å². The minimum Gasteiger partial charge on any atom is -0.455 e. The number of nitrogens with one attached hydrogen (secondary N) is 2. The normalized spacial score (nSPS) is 17.3. The number of hydrogen-bond acceptors (Lipinski definition) is 4. The molecule has 1 aromatic heterocycles. The minimum absolute atomic E-state index is 0.210. The summed E-state index contributed by atoms with van der Waals surface area (Å²) in [6.45, 7) is 1.48. The summed E-state index contributed by atoms with van der Waals surface area (Å²) in [4.78, 5) is 0. The molecule has 0 saturated carbocycles. The highest BCUT2D eigenvalue weighted by molar-refractivity contribution is 7.80. The SMILES string of the molecule is Fc1ccccc1-c1ccc(/C=N\NC(=S)NC[C@H]2CCCO2)o1. The van der Waals surface area contributed by atoms with Crippen LogP contribution >= 0.6 is 12.2 Å². The van der Waals surface area contributed by atoms with E-state index in [0.717, 1.165) is 19.4 Å². The fourth-order valence-corrected chi connectivity index (χ4v) is 2.57. The molecule has 0 unspecified atom stereocenters. The molecule has 0 aliphatic carbocycles. The van der Waals surface area contributed by atoms with E-state index < -0.39 is 0 Å². The van der Waals surface area contributed by atoms with Crippen LogP contribution in [0.25, 0.3) is 11.3 Å². The molecule has 0 amide bonds. The second-order valence-electron chi connectivity index (χ2n) is 5.40. The molecule has 24 heavy (non-hydrogen) atoms. The smallest absolute Gasteiger partial charge is 0.187 e. The van der Waals surface area contributed by atoms with Crippen molar-refractivity contribution in [2.75, 3.05) is 13.2 Å². The van der Waals surface area contributed by atoms with E-state index >= 15 is 0 Å². The van der Waals surface area contributed by atoms with E-state index in [1.54, 1.807) is 30.3 Å². The molecule has 5 nitrogen and oxygen atoms in total. The number of hydrogen-bond donors (Lipinski definition) is 2. The molecule has 3 rings (SSSR count). The third-order valence-corrected chi connectivity index (χ3v) is 3.87. The van der Waals surface area contributed by atoms with E-state index in [4.69, 9.17) is 21.4 Å². The van der Waals surface area contributed by atoms with Crippen molar-refractivity contribution in [2.24, 2.45) is 5.10 Å². The zero-order valence-corrected chi connectivity index (χ0v) is 13.8. The van der Waals surface area contributed by atoms with Crippen molar-refractivity contribution in [3.05, 3.63) is 48.0 Å². The first-order valence-corrected chi connectivity index (χ1v) is 8.16. The summed E-state index contributed by atoms with van der Waals surface area (Å²) in [5.74, 6) is 0.629. The van der Waals surface area contributed by atoms with Gasteiger partial charge in [-0.1, -0.05) is 12.1 Å². The van der Waals surface area contributed by atoms with E-state index in [1.807, 2.05) is 0 Å². The highest BCUT2D eigenvalue weighted by Gasteiger charge is 2.15. The number of hydrazone groups is 1. The van der Waals surface area contributed by atoms with Crippen LogP contribution in [0.2, 0.25) is 0 Å². The Balaban J connectivity index is 1.50.